The van der Waals surface area contributed by atoms with E-state index in [1.54, 1.807) is 37.6 Å². The highest BCUT2D eigenvalue weighted by atomic mass is 31.2. The van der Waals surface area contributed by atoms with Crippen LogP contribution in [0.1, 0.15) is 211 Å². The monoisotopic (exact) mass is 1100 g/mol. The summed E-state index contributed by atoms with van der Waals surface area (Å²) in [5, 5.41) is 8.16. The second-order valence-corrected chi connectivity index (χ2v) is 31.9. The van der Waals surface area contributed by atoms with Crippen LogP contribution in [0.5, 0.6) is 0 Å². The third-order valence-corrected chi connectivity index (χ3v) is 27.7. The van der Waals surface area contributed by atoms with Crippen molar-refractivity contribution in [3.8, 4) is 11.1 Å². The number of rotatable bonds is 41. The Morgan fingerprint density at radius 2 is 0.590 bits per heavy atom. The Balaban J connectivity index is 1.46. The molecular weight excluding hydrogens is 994 g/mol. The van der Waals surface area contributed by atoms with Crippen LogP contribution >= 0.6 is 22.7 Å². The molecule has 1 heterocycles. The molecule has 0 spiro atoms. The highest BCUT2D eigenvalue weighted by Crippen LogP contribution is 2.59. The van der Waals surface area contributed by atoms with Crippen molar-refractivity contribution in [1.29, 1.82) is 0 Å². The summed E-state index contributed by atoms with van der Waals surface area (Å²) >= 11 is 0. The lowest BCUT2D eigenvalue weighted by molar-refractivity contribution is 0.564. The minimum absolute atomic E-state index is 0.668. The average Bonchev–Trinajstić information content (AvgIpc) is 3.62. The van der Waals surface area contributed by atoms with Gasteiger partial charge in [0, 0.05) is 12.8 Å². The molecule has 0 aliphatic carbocycles. The summed E-state index contributed by atoms with van der Waals surface area (Å²) < 4.78 is 0. The molecule has 1 atom stereocenters. The number of benzene rings is 5. The van der Waals surface area contributed by atoms with Gasteiger partial charge in [0.1, 0.15) is 0 Å². The smallest absolute Gasteiger partial charge is 0.0991 e. The van der Waals surface area contributed by atoms with Gasteiger partial charge in [-0.25, -0.2) is 0 Å². The molecule has 1 unspecified atom stereocenters. The molecular formula is C75H107P3+2. The summed E-state index contributed by atoms with van der Waals surface area (Å²) in [6.45, 7) is 7.00. The van der Waals surface area contributed by atoms with Gasteiger partial charge in [0.15, 0.2) is 0 Å². The molecule has 0 aliphatic heterocycles. The van der Waals surface area contributed by atoms with Crippen LogP contribution in [0.15, 0.2) is 176 Å². The maximum Gasteiger partial charge on any atom is 0.0991 e. The lowest BCUT2D eigenvalue weighted by atomic mass is 9.91. The van der Waals surface area contributed by atoms with Gasteiger partial charge in [-0.1, -0.05) is 283 Å². The van der Waals surface area contributed by atoms with Gasteiger partial charge in [-0.05, 0) is 120 Å². The zero-order valence-electron chi connectivity index (χ0n) is 49.7. The van der Waals surface area contributed by atoms with Gasteiger partial charge in [-0.2, -0.15) is 0 Å². The number of unbranched alkanes of at least 4 members (excludes halogenated alkanes) is 24. The van der Waals surface area contributed by atoms with Crippen molar-refractivity contribution in [2.45, 2.75) is 213 Å². The summed E-state index contributed by atoms with van der Waals surface area (Å²) in [5.41, 5.74) is 6.20. The Bertz CT molecular complexity index is 2380. The van der Waals surface area contributed by atoms with Gasteiger partial charge in [-0.3, -0.25) is 0 Å². The van der Waals surface area contributed by atoms with Crippen molar-refractivity contribution < 1.29 is 0 Å². The molecule has 6 rings (SSSR count). The van der Waals surface area contributed by atoms with Crippen LogP contribution in [0, 0.1) is 0 Å². The lowest BCUT2D eigenvalue weighted by Gasteiger charge is -2.30. The van der Waals surface area contributed by atoms with E-state index in [9.17, 15) is 0 Å². The molecule has 1 aromatic heterocycles. The fraction of sp³-hybridized carbons (Fsp3) is 0.493. The third-order valence-electron chi connectivity index (χ3n) is 17.2. The van der Waals surface area contributed by atoms with Gasteiger partial charge in [-0.15, -0.1) is 8.19 Å². The highest BCUT2D eigenvalue weighted by molar-refractivity contribution is 7.90. The van der Waals surface area contributed by atoms with Crippen molar-refractivity contribution in [3.05, 3.63) is 192 Å². The topological polar surface area (TPSA) is 0 Å². The van der Waals surface area contributed by atoms with E-state index in [0.29, 0.717) is 8.19 Å². The summed E-state index contributed by atoms with van der Waals surface area (Å²) in [5.74, 6) is 2.56. The zero-order chi connectivity index (χ0) is 54.5. The lowest BCUT2D eigenvalue weighted by Crippen LogP contribution is -2.29. The van der Waals surface area contributed by atoms with E-state index in [2.05, 4.69) is 196 Å². The molecule has 0 saturated heterocycles. The first-order valence-electron chi connectivity index (χ1n) is 32.2. The second kappa shape index (κ2) is 38.8. The van der Waals surface area contributed by atoms with E-state index in [0.717, 1.165) is 19.3 Å². The van der Waals surface area contributed by atoms with Crippen LogP contribution in [0.25, 0.3) is 11.1 Å². The summed E-state index contributed by atoms with van der Waals surface area (Å²) in [7, 11) is -2.96. The van der Waals surface area contributed by atoms with Crippen molar-refractivity contribution in [3.63, 3.8) is 0 Å². The summed E-state index contributed by atoms with van der Waals surface area (Å²) in [6.07, 6.45) is 45.3. The molecule has 0 nitrogen and oxygen atoms in total. The van der Waals surface area contributed by atoms with E-state index in [1.807, 2.05) is 0 Å². The van der Waals surface area contributed by atoms with Gasteiger partial charge >= 0.3 is 0 Å². The van der Waals surface area contributed by atoms with E-state index >= 15 is 0 Å². The molecule has 0 saturated carbocycles. The molecule has 3 heteroatoms. The maximum absolute atomic E-state index is 2.56. The fourth-order valence-electron chi connectivity index (χ4n) is 12.6. The molecule has 0 aliphatic rings. The molecule has 78 heavy (non-hydrogen) atoms. The minimum atomic E-state index is -1.83. The first-order valence-corrected chi connectivity index (χ1v) is 37.6. The van der Waals surface area contributed by atoms with Gasteiger partial charge in [0.2, 0.25) is 0 Å². The standard InChI is InChI=1S/C75H107P3/c1-4-7-10-13-16-19-22-25-43-59-73-72(67-48-33-28-34-49-67)58-44-45-62-76-75(61-66-78(70-54-39-31-40-55-70,71-56-41-32-42-57-71)64-47-27-24-21-18-15-12-9-6-3)74(73)60-65-77(68-50-35-29-36-51-68,69-52-37-30-38-53-69)63-46-26-23-20-17-14-11-8-5-2/h28-42,44-45,48-58,62,76H,4-27,43,46-47,59-61,63-66H2,1-3H3/q+2. The largest absolute Gasteiger partial charge is 0.136 e. The van der Waals surface area contributed by atoms with Gasteiger partial charge in [0.05, 0.1) is 60.4 Å². The Morgan fingerprint density at radius 3 is 0.974 bits per heavy atom. The second-order valence-electron chi connectivity index (χ2n) is 23.0. The molecule has 6 aromatic rings. The predicted octanol–water partition coefficient (Wildman–Crippen LogP) is 22.1. The summed E-state index contributed by atoms with van der Waals surface area (Å²) in [6, 6.07) is 66.8. The zero-order valence-corrected chi connectivity index (χ0v) is 52.5. The maximum atomic E-state index is 2.56. The van der Waals surface area contributed by atoms with Crippen LogP contribution in [0.4, 0.5) is 0 Å². The normalized spacial score (nSPS) is 11.8. The number of hydrogen-bond acceptors (Lipinski definition) is 0. The molecule has 0 radical (unpaired) electrons. The average molecular weight is 1100 g/mol. The molecule has 0 amide bonds. The minimum Gasteiger partial charge on any atom is -0.136 e. The Morgan fingerprint density at radius 1 is 0.269 bits per heavy atom. The molecule has 420 valence electrons. The molecule has 0 N–H and O–H groups in total. The highest BCUT2D eigenvalue weighted by Gasteiger charge is 2.44. The third kappa shape index (κ3) is 21.3. The van der Waals surface area contributed by atoms with Crippen LogP contribution in [0.2, 0.25) is 0 Å². The SMILES string of the molecule is CCCCCCCCCCCc1c(-c2ccccc2)cccc[pH]c(CC[P+](CCCCCCCCCCC)(c2ccccc2)c2ccccc2)c1CC[P+](CCCCCCCCCCC)(c1ccccc1)c1ccccc1. The first kappa shape index (κ1) is 63.4. The van der Waals surface area contributed by atoms with E-state index in [4.69, 9.17) is 0 Å². The predicted molar refractivity (Wildman–Crippen MR) is 359 cm³/mol. The number of aryl methyl sites for hydroxylation is 1. The Hall–Kier alpha value is -3.78. The van der Waals surface area contributed by atoms with Crippen molar-refractivity contribution >= 4 is 43.9 Å². The quantitative estimate of drug-likeness (QED) is 0.0265. The van der Waals surface area contributed by atoms with Gasteiger partial charge in [0.25, 0.3) is 0 Å². The molecule has 0 fully saturated rings. The first-order chi connectivity index (χ1) is 38.6. The van der Waals surface area contributed by atoms with Crippen molar-refractivity contribution in [2.75, 3.05) is 24.6 Å². The van der Waals surface area contributed by atoms with Crippen LogP contribution in [-0.4, -0.2) is 24.6 Å². The molecule has 0 bridgehead atoms. The molecule has 5 aromatic carbocycles. The van der Waals surface area contributed by atoms with Crippen molar-refractivity contribution in [1.82, 2.24) is 0 Å². The van der Waals surface area contributed by atoms with Crippen LogP contribution in [0.3, 0.4) is 0 Å². The summed E-state index contributed by atoms with van der Waals surface area (Å²) in [4.78, 5) is 0. The van der Waals surface area contributed by atoms with E-state index in [1.165, 1.54) is 209 Å². The van der Waals surface area contributed by atoms with Crippen LogP contribution < -0.4 is 21.2 Å². The number of hydrogen-bond donors (Lipinski definition) is 0. The fourth-order valence-corrected chi connectivity index (χ4v) is 22.8. The van der Waals surface area contributed by atoms with E-state index in [-0.39, 0.29) is 0 Å². The Labute approximate surface area is 482 Å². The van der Waals surface area contributed by atoms with Crippen LogP contribution in [-0.2, 0) is 19.3 Å². The van der Waals surface area contributed by atoms with E-state index < -0.39 is 14.5 Å². The van der Waals surface area contributed by atoms with Gasteiger partial charge < -0.3 is 0 Å². The Kier molecular flexibility index (Phi) is 31.5. The van der Waals surface area contributed by atoms with Crippen molar-refractivity contribution in [2.24, 2.45) is 0 Å².